The van der Waals surface area contributed by atoms with Gasteiger partial charge in [-0.1, -0.05) is 61.5 Å². The van der Waals surface area contributed by atoms with Gasteiger partial charge in [-0.2, -0.15) is 4.98 Å². The maximum Gasteiger partial charge on any atom is 0.233 e. The lowest BCUT2D eigenvalue weighted by Gasteiger charge is -2.40. The summed E-state index contributed by atoms with van der Waals surface area (Å²) in [4.78, 5) is 4.68. The largest absolute Gasteiger partial charge is 0.497 e. The Labute approximate surface area is 232 Å². The average Bonchev–Trinajstić information content (AvgIpc) is 3.62. The fourth-order valence-electron chi connectivity index (χ4n) is 6.40. The number of hydrogen-bond acceptors (Lipinski definition) is 9. The van der Waals surface area contributed by atoms with Crippen molar-refractivity contribution in [3.8, 4) is 23.0 Å². The van der Waals surface area contributed by atoms with E-state index in [1.165, 1.54) is 7.11 Å². The summed E-state index contributed by atoms with van der Waals surface area (Å²) in [5.74, 6) is 1.06. The van der Waals surface area contributed by atoms with Crippen LogP contribution in [0.3, 0.4) is 0 Å². The van der Waals surface area contributed by atoms with E-state index < -0.39 is 29.1 Å². The minimum atomic E-state index is -1.99. The quantitative estimate of drug-likeness (QED) is 0.343. The fourth-order valence-corrected chi connectivity index (χ4v) is 6.40. The van der Waals surface area contributed by atoms with Crippen LogP contribution in [0.25, 0.3) is 0 Å². The maximum absolute atomic E-state index is 13.0. The van der Waals surface area contributed by atoms with Crippen molar-refractivity contribution < 1.29 is 33.7 Å². The van der Waals surface area contributed by atoms with Crippen LogP contribution in [0.15, 0.2) is 71.3 Å². The highest BCUT2D eigenvalue weighted by Crippen LogP contribution is 2.72. The van der Waals surface area contributed by atoms with Crippen molar-refractivity contribution >= 4 is 0 Å². The van der Waals surface area contributed by atoms with E-state index in [0.717, 1.165) is 5.56 Å². The molecule has 6 rings (SSSR count). The molecule has 3 aromatic carbocycles. The number of aliphatic hydroxyl groups is 2. The molecule has 2 N–H and O–H groups in total. The highest BCUT2D eigenvalue weighted by atomic mass is 16.5. The van der Waals surface area contributed by atoms with E-state index in [1.54, 1.807) is 38.5 Å². The van der Waals surface area contributed by atoms with Crippen molar-refractivity contribution in [3.05, 3.63) is 95.1 Å². The first-order chi connectivity index (χ1) is 19.3. The Bertz CT molecular complexity index is 1520. The summed E-state index contributed by atoms with van der Waals surface area (Å²) in [6.07, 6.45) is -1.43. The first-order valence-electron chi connectivity index (χ1n) is 13.2. The van der Waals surface area contributed by atoms with Gasteiger partial charge in [-0.3, -0.25) is 0 Å². The van der Waals surface area contributed by atoms with Gasteiger partial charge in [0.15, 0.2) is 17.0 Å². The topological polar surface area (TPSA) is 116 Å². The lowest BCUT2D eigenvalue weighted by atomic mass is 9.70. The lowest BCUT2D eigenvalue weighted by Crippen LogP contribution is -2.52. The normalized spacial score (nSPS) is 26.8. The van der Waals surface area contributed by atoms with Gasteiger partial charge in [-0.25, -0.2) is 0 Å². The fraction of sp³-hybridized carbons (Fsp3) is 0.355. The van der Waals surface area contributed by atoms with E-state index in [0.29, 0.717) is 39.9 Å². The van der Waals surface area contributed by atoms with Crippen LogP contribution in [0.4, 0.5) is 0 Å². The van der Waals surface area contributed by atoms with Crippen LogP contribution in [0.1, 0.15) is 60.0 Å². The number of methoxy groups -OCH3 is 3. The Morgan fingerprint density at radius 1 is 0.900 bits per heavy atom. The second kappa shape index (κ2) is 9.53. The van der Waals surface area contributed by atoms with E-state index >= 15 is 0 Å². The zero-order valence-electron chi connectivity index (χ0n) is 23.0. The van der Waals surface area contributed by atoms with Crippen molar-refractivity contribution in [2.24, 2.45) is 0 Å². The predicted octanol–water partition coefficient (Wildman–Crippen LogP) is 4.64. The predicted molar refractivity (Wildman–Crippen MR) is 145 cm³/mol. The van der Waals surface area contributed by atoms with Crippen LogP contribution in [0, 0.1) is 0 Å². The van der Waals surface area contributed by atoms with Crippen LogP contribution in [0.5, 0.6) is 23.0 Å². The molecule has 0 radical (unpaired) electrons. The molecule has 208 valence electrons. The summed E-state index contributed by atoms with van der Waals surface area (Å²) >= 11 is 0. The number of hydrogen-bond donors (Lipinski definition) is 2. The molecule has 1 aliphatic heterocycles. The number of ether oxygens (including phenoxy) is 4. The Hall–Kier alpha value is -4.08. The van der Waals surface area contributed by atoms with E-state index in [4.69, 9.17) is 23.5 Å². The van der Waals surface area contributed by atoms with Gasteiger partial charge in [0, 0.05) is 24.0 Å². The minimum absolute atomic E-state index is 0.00823. The number of aromatic nitrogens is 2. The summed E-state index contributed by atoms with van der Waals surface area (Å²) in [7, 11) is 4.64. The van der Waals surface area contributed by atoms with Crippen LogP contribution < -0.4 is 18.9 Å². The summed E-state index contributed by atoms with van der Waals surface area (Å²) in [6.45, 7) is 3.93. The van der Waals surface area contributed by atoms with Gasteiger partial charge in [0.2, 0.25) is 5.89 Å². The van der Waals surface area contributed by atoms with E-state index in [-0.39, 0.29) is 11.8 Å². The molecule has 0 amide bonds. The highest BCUT2D eigenvalue weighted by Gasteiger charge is 2.78. The highest BCUT2D eigenvalue weighted by molar-refractivity contribution is 5.63. The maximum atomic E-state index is 13.0. The number of benzene rings is 3. The van der Waals surface area contributed by atoms with Crippen molar-refractivity contribution in [2.45, 2.75) is 48.9 Å². The third-order valence-corrected chi connectivity index (χ3v) is 8.22. The molecule has 1 aliphatic carbocycles. The van der Waals surface area contributed by atoms with Gasteiger partial charge in [-0.05, 0) is 23.3 Å². The lowest BCUT2D eigenvalue weighted by molar-refractivity contribution is -0.151. The van der Waals surface area contributed by atoms with Crippen LogP contribution in [-0.4, -0.2) is 47.8 Å². The van der Waals surface area contributed by atoms with Gasteiger partial charge >= 0.3 is 0 Å². The molecule has 2 aliphatic rings. The molecule has 1 aromatic heterocycles. The summed E-state index contributed by atoms with van der Waals surface area (Å²) in [6, 6.07) is 20.3. The van der Waals surface area contributed by atoms with E-state index in [1.807, 2.05) is 56.3 Å². The molecule has 5 atom stereocenters. The summed E-state index contributed by atoms with van der Waals surface area (Å²) in [5.41, 5.74) is -1.75. The molecule has 0 bridgehead atoms. The van der Waals surface area contributed by atoms with Gasteiger partial charge < -0.3 is 33.7 Å². The molecule has 2 heterocycles. The van der Waals surface area contributed by atoms with E-state index in [9.17, 15) is 10.2 Å². The molecule has 1 saturated carbocycles. The summed E-state index contributed by atoms with van der Waals surface area (Å²) < 4.78 is 29.4. The van der Waals surface area contributed by atoms with Crippen LogP contribution in [-0.2, 0) is 11.2 Å². The van der Waals surface area contributed by atoms with Crippen molar-refractivity contribution in [1.29, 1.82) is 0 Å². The molecular formula is C31H32N2O7. The number of rotatable bonds is 7. The number of fused-ring (bicyclic) bond motifs is 3. The molecule has 9 heteroatoms. The first-order valence-corrected chi connectivity index (χ1v) is 13.2. The Kier molecular flexibility index (Phi) is 6.23. The second-order valence-corrected chi connectivity index (χ2v) is 10.5. The van der Waals surface area contributed by atoms with Gasteiger partial charge in [0.05, 0.1) is 32.8 Å². The van der Waals surface area contributed by atoms with Crippen LogP contribution >= 0.6 is 0 Å². The average molecular weight is 545 g/mol. The van der Waals surface area contributed by atoms with Gasteiger partial charge in [0.1, 0.15) is 29.1 Å². The Morgan fingerprint density at radius 2 is 1.60 bits per heavy atom. The van der Waals surface area contributed by atoms with E-state index in [2.05, 4.69) is 10.1 Å². The smallest absolute Gasteiger partial charge is 0.233 e. The zero-order valence-corrected chi connectivity index (χ0v) is 23.0. The molecule has 40 heavy (non-hydrogen) atoms. The van der Waals surface area contributed by atoms with Crippen LogP contribution in [0.2, 0.25) is 0 Å². The third kappa shape index (κ3) is 3.47. The molecule has 9 nitrogen and oxygen atoms in total. The van der Waals surface area contributed by atoms with Gasteiger partial charge in [-0.15, -0.1) is 0 Å². The van der Waals surface area contributed by atoms with Crippen molar-refractivity contribution in [3.63, 3.8) is 0 Å². The molecular weight excluding hydrogens is 512 g/mol. The Morgan fingerprint density at radius 3 is 2.20 bits per heavy atom. The Balaban J connectivity index is 1.69. The molecule has 5 unspecified atom stereocenters. The molecule has 4 aromatic rings. The van der Waals surface area contributed by atoms with Crippen molar-refractivity contribution in [2.75, 3.05) is 21.3 Å². The SMILES string of the molecule is COc1ccc(C23Oc4cc(OC)cc(OC)c4C2(O)C(O)C(c2nc(C(C)C)no2)C3c2ccccc2)cc1. The number of aliphatic hydroxyl groups excluding tert-OH is 1. The number of nitrogens with zero attached hydrogens (tertiary/aromatic N) is 2. The first kappa shape index (κ1) is 26.2. The second-order valence-electron chi connectivity index (χ2n) is 10.5. The zero-order chi connectivity index (χ0) is 28.2. The minimum Gasteiger partial charge on any atom is -0.497 e. The van der Waals surface area contributed by atoms with Gasteiger partial charge in [0.25, 0.3) is 0 Å². The summed E-state index contributed by atoms with van der Waals surface area (Å²) in [5, 5.41) is 29.5. The molecule has 0 saturated heterocycles. The molecule has 1 fully saturated rings. The molecule has 0 spiro atoms. The standard InChI is InChI=1S/C31H32N2O7/c1-17(2)28-32-29(40-33-28)24-25(18-9-7-6-8-10-18)31(19-11-13-20(36-3)14-12-19)30(35,27(24)34)26-22(38-5)15-21(37-4)16-23(26)39-31/h6-17,24-25,27,34-35H,1-5H3. The third-order valence-electron chi connectivity index (χ3n) is 8.22. The monoisotopic (exact) mass is 544 g/mol. The van der Waals surface area contributed by atoms with Crippen molar-refractivity contribution in [1.82, 2.24) is 10.1 Å².